The predicted octanol–water partition coefficient (Wildman–Crippen LogP) is -0.260. The summed E-state index contributed by atoms with van der Waals surface area (Å²) in [6.07, 6.45) is 4.45. The Kier molecular flexibility index (Phi) is 4.79. The van der Waals surface area contributed by atoms with Crippen LogP contribution >= 0.6 is 0 Å². The Hall–Kier alpha value is -2.38. The zero-order valence-corrected chi connectivity index (χ0v) is 13.1. The van der Waals surface area contributed by atoms with E-state index in [0.29, 0.717) is 17.7 Å². The summed E-state index contributed by atoms with van der Waals surface area (Å²) in [5.74, 6) is -0.336. The van der Waals surface area contributed by atoms with Gasteiger partial charge in [-0.1, -0.05) is 19.8 Å². The van der Waals surface area contributed by atoms with E-state index in [-0.39, 0.29) is 12.5 Å². The van der Waals surface area contributed by atoms with Gasteiger partial charge in [-0.25, -0.2) is 14.3 Å². The van der Waals surface area contributed by atoms with Crippen LogP contribution in [0.15, 0.2) is 15.9 Å². The van der Waals surface area contributed by atoms with Crippen LogP contribution in [0, 0.1) is 0 Å². The number of aromatic nitrogens is 4. The van der Waals surface area contributed by atoms with Crippen LogP contribution in [0.5, 0.6) is 0 Å². The molecule has 0 aliphatic rings. The molecule has 0 fully saturated rings. The molecule has 0 radical (unpaired) electrons. The SMILES string of the molecule is CCCCCNC(=O)Cn1c(=O)c2c(ncn2C)n(C)c1=O. The second-order valence-electron chi connectivity index (χ2n) is 5.32. The largest absolute Gasteiger partial charge is 0.355 e. The maximum Gasteiger partial charge on any atom is 0.332 e. The van der Waals surface area contributed by atoms with Crippen molar-refractivity contribution < 1.29 is 4.79 Å². The number of rotatable bonds is 6. The van der Waals surface area contributed by atoms with Crippen LogP contribution in [-0.2, 0) is 25.4 Å². The van der Waals surface area contributed by atoms with E-state index in [2.05, 4.69) is 17.2 Å². The Morgan fingerprint density at radius 1 is 1.27 bits per heavy atom. The lowest BCUT2D eigenvalue weighted by molar-refractivity contribution is -0.121. The smallest absolute Gasteiger partial charge is 0.332 e. The van der Waals surface area contributed by atoms with E-state index in [4.69, 9.17) is 0 Å². The van der Waals surface area contributed by atoms with Crippen LogP contribution in [-0.4, -0.2) is 31.1 Å². The van der Waals surface area contributed by atoms with Gasteiger partial charge in [-0.05, 0) is 6.42 Å². The highest BCUT2D eigenvalue weighted by molar-refractivity contribution is 5.76. The van der Waals surface area contributed by atoms with Gasteiger partial charge in [-0.2, -0.15) is 0 Å². The molecule has 120 valence electrons. The molecule has 0 aliphatic heterocycles. The summed E-state index contributed by atoms with van der Waals surface area (Å²) in [4.78, 5) is 40.6. The summed E-state index contributed by atoms with van der Waals surface area (Å²) in [6, 6.07) is 0. The molecule has 0 saturated heterocycles. The molecule has 2 aromatic rings. The van der Waals surface area contributed by atoms with E-state index in [1.54, 1.807) is 11.6 Å². The highest BCUT2D eigenvalue weighted by Crippen LogP contribution is 2.02. The molecule has 0 aromatic carbocycles. The number of unbranched alkanes of at least 4 members (excludes halogenated alkanes) is 2. The molecule has 8 nitrogen and oxygen atoms in total. The molecule has 1 N–H and O–H groups in total. The first kappa shape index (κ1) is 16.0. The maximum absolute atomic E-state index is 12.4. The number of fused-ring (bicyclic) bond motifs is 1. The summed E-state index contributed by atoms with van der Waals surface area (Å²) in [7, 11) is 3.21. The van der Waals surface area contributed by atoms with E-state index in [0.717, 1.165) is 23.8 Å². The molecule has 2 heterocycles. The number of amides is 1. The summed E-state index contributed by atoms with van der Waals surface area (Å²) in [5.41, 5.74) is -0.417. The van der Waals surface area contributed by atoms with E-state index < -0.39 is 11.2 Å². The number of carbonyl (C=O) groups is 1. The van der Waals surface area contributed by atoms with Gasteiger partial charge in [0.1, 0.15) is 6.54 Å². The van der Waals surface area contributed by atoms with Crippen molar-refractivity contribution in [3.05, 3.63) is 27.2 Å². The van der Waals surface area contributed by atoms with Crippen molar-refractivity contribution in [1.82, 2.24) is 24.0 Å². The average Bonchev–Trinajstić information content (AvgIpc) is 2.88. The summed E-state index contributed by atoms with van der Waals surface area (Å²) < 4.78 is 3.77. The lowest BCUT2D eigenvalue weighted by Crippen LogP contribution is -2.43. The molecule has 0 aliphatic carbocycles. The van der Waals surface area contributed by atoms with Crippen molar-refractivity contribution >= 4 is 17.1 Å². The molecule has 1 amide bonds. The van der Waals surface area contributed by atoms with Gasteiger partial charge in [0, 0.05) is 20.6 Å². The zero-order chi connectivity index (χ0) is 16.3. The Labute approximate surface area is 127 Å². The minimum Gasteiger partial charge on any atom is -0.355 e. The van der Waals surface area contributed by atoms with Crippen molar-refractivity contribution in [3.8, 4) is 0 Å². The Morgan fingerprint density at radius 2 is 2.00 bits per heavy atom. The van der Waals surface area contributed by atoms with Crippen LogP contribution in [0.4, 0.5) is 0 Å². The minimum absolute atomic E-state index is 0.279. The van der Waals surface area contributed by atoms with Crippen LogP contribution in [0.25, 0.3) is 11.2 Å². The van der Waals surface area contributed by atoms with Crippen LogP contribution in [0.2, 0.25) is 0 Å². The van der Waals surface area contributed by atoms with Crippen molar-refractivity contribution in [3.63, 3.8) is 0 Å². The van der Waals surface area contributed by atoms with Crippen molar-refractivity contribution in [2.75, 3.05) is 6.54 Å². The first-order chi connectivity index (χ1) is 10.5. The average molecular weight is 307 g/mol. The van der Waals surface area contributed by atoms with Crippen LogP contribution in [0.1, 0.15) is 26.2 Å². The fourth-order valence-electron chi connectivity index (χ4n) is 2.34. The predicted molar refractivity (Wildman–Crippen MR) is 82.7 cm³/mol. The molecule has 0 saturated carbocycles. The fraction of sp³-hybridized carbons (Fsp3) is 0.571. The highest BCUT2D eigenvalue weighted by Gasteiger charge is 2.16. The number of aryl methyl sites for hydroxylation is 2. The quantitative estimate of drug-likeness (QED) is 0.744. The Morgan fingerprint density at radius 3 is 2.68 bits per heavy atom. The molecule has 0 unspecified atom stereocenters. The number of nitrogens with zero attached hydrogens (tertiary/aromatic N) is 4. The van der Waals surface area contributed by atoms with E-state index in [1.807, 2.05) is 0 Å². The standard InChI is InChI=1S/C14H21N5O3/c1-4-5-6-7-15-10(20)8-19-13(21)11-12(16-9-17(11)2)18(3)14(19)22/h9H,4-8H2,1-3H3,(H,15,20). The number of nitrogens with one attached hydrogen (secondary N) is 1. The van der Waals surface area contributed by atoms with Gasteiger partial charge in [0.15, 0.2) is 11.2 Å². The number of carbonyl (C=O) groups excluding carboxylic acids is 1. The molecular formula is C14H21N5O3. The van der Waals surface area contributed by atoms with Crippen molar-refractivity contribution in [2.45, 2.75) is 32.7 Å². The van der Waals surface area contributed by atoms with Crippen molar-refractivity contribution in [1.29, 1.82) is 0 Å². The van der Waals surface area contributed by atoms with Gasteiger partial charge in [-0.15, -0.1) is 0 Å². The first-order valence-corrected chi connectivity index (χ1v) is 7.35. The Bertz CT molecular complexity index is 799. The van der Waals surface area contributed by atoms with E-state index in [1.165, 1.54) is 17.9 Å². The molecule has 0 bridgehead atoms. The summed E-state index contributed by atoms with van der Waals surface area (Å²) in [5, 5.41) is 2.73. The number of imidazole rings is 1. The van der Waals surface area contributed by atoms with E-state index >= 15 is 0 Å². The minimum atomic E-state index is -0.542. The van der Waals surface area contributed by atoms with Gasteiger partial charge >= 0.3 is 5.69 Å². The molecule has 8 heteroatoms. The summed E-state index contributed by atoms with van der Waals surface area (Å²) >= 11 is 0. The maximum atomic E-state index is 12.4. The fourth-order valence-corrected chi connectivity index (χ4v) is 2.34. The number of hydrogen-bond acceptors (Lipinski definition) is 4. The summed E-state index contributed by atoms with van der Waals surface area (Å²) in [6.45, 7) is 2.35. The monoisotopic (exact) mass is 307 g/mol. The van der Waals surface area contributed by atoms with Crippen LogP contribution < -0.4 is 16.6 Å². The third kappa shape index (κ3) is 2.95. The molecular weight excluding hydrogens is 286 g/mol. The van der Waals surface area contributed by atoms with Gasteiger partial charge < -0.3 is 9.88 Å². The molecule has 22 heavy (non-hydrogen) atoms. The zero-order valence-electron chi connectivity index (χ0n) is 13.1. The molecule has 2 aromatic heterocycles. The lowest BCUT2D eigenvalue weighted by atomic mass is 10.2. The third-order valence-corrected chi connectivity index (χ3v) is 3.61. The topological polar surface area (TPSA) is 90.9 Å². The first-order valence-electron chi connectivity index (χ1n) is 7.35. The highest BCUT2D eigenvalue weighted by atomic mass is 16.2. The van der Waals surface area contributed by atoms with Gasteiger partial charge in [-0.3, -0.25) is 14.2 Å². The molecule has 0 spiro atoms. The van der Waals surface area contributed by atoms with Crippen LogP contribution in [0.3, 0.4) is 0 Å². The van der Waals surface area contributed by atoms with Gasteiger partial charge in [0.2, 0.25) is 5.91 Å². The molecule has 2 rings (SSSR count). The third-order valence-electron chi connectivity index (χ3n) is 3.61. The van der Waals surface area contributed by atoms with Gasteiger partial charge in [0.05, 0.1) is 6.33 Å². The number of hydrogen-bond donors (Lipinski definition) is 1. The van der Waals surface area contributed by atoms with E-state index in [9.17, 15) is 14.4 Å². The second kappa shape index (κ2) is 6.59. The Balaban J connectivity index is 2.28. The normalized spacial score (nSPS) is 11.0. The molecule has 0 atom stereocenters. The lowest BCUT2D eigenvalue weighted by Gasteiger charge is -2.09. The second-order valence-corrected chi connectivity index (χ2v) is 5.32. The van der Waals surface area contributed by atoms with Gasteiger partial charge in [0.25, 0.3) is 5.56 Å². The van der Waals surface area contributed by atoms with Crippen molar-refractivity contribution in [2.24, 2.45) is 14.1 Å².